The number of rotatable bonds is 4. The van der Waals surface area contributed by atoms with Crippen molar-refractivity contribution < 1.29 is 19.6 Å². The molecule has 2 aromatic carbocycles. The average Bonchev–Trinajstić information content (AvgIpc) is 2.65. The molecule has 134 valence electrons. The van der Waals surface area contributed by atoms with Gasteiger partial charge in [-0.2, -0.15) is 0 Å². The number of nitrogens with zero attached hydrogens (tertiary/aromatic N) is 1. The van der Waals surface area contributed by atoms with Crippen molar-refractivity contribution in [3.63, 3.8) is 0 Å². The van der Waals surface area contributed by atoms with Gasteiger partial charge in [0.05, 0.1) is 12.0 Å². The van der Waals surface area contributed by atoms with Gasteiger partial charge in [0, 0.05) is 17.7 Å². The highest BCUT2D eigenvalue weighted by Gasteiger charge is 2.27. The summed E-state index contributed by atoms with van der Waals surface area (Å²) >= 11 is 0. The number of ketones is 1. The van der Waals surface area contributed by atoms with E-state index < -0.39 is 16.4 Å². The zero-order chi connectivity index (χ0) is 18.7. The van der Waals surface area contributed by atoms with Crippen LogP contribution in [-0.4, -0.2) is 17.8 Å². The third kappa shape index (κ3) is 3.44. The molecule has 0 radical (unpaired) electrons. The fourth-order valence-electron chi connectivity index (χ4n) is 3.30. The Hall–Kier alpha value is -3.15. The molecule has 2 aromatic rings. The third-order valence-electron chi connectivity index (χ3n) is 4.59. The summed E-state index contributed by atoms with van der Waals surface area (Å²) in [6, 6.07) is 12.2. The lowest BCUT2D eigenvalue weighted by atomic mass is 9.79. The van der Waals surface area contributed by atoms with E-state index in [1.54, 1.807) is 6.08 Å². The molecule has 26 heavy (non-hydrogen) atoms. The molecule has 0 aliphatic heterocycles. The largest absolute Gasteiger partial charge is 0.865 e. The third-order valence-corrected chi connectivity index (χ3v) is 4.59. The lowest BCUT2D eigenvalue weighted by molar-refractivity contribution is -0.398. The minimum atomic E-state index is -0.767. The van der Waals surface area contributed by atoms with Crippen LogP contribution in [0.15, 0.2) is 48.0 Å². The number of nitro groups is 1. The van der Waals surface area contributed by atoms with Gasteiger partial charge in [-0.25, -0.2) is 0 Å². The lowest BCUT2D eigenvalue weighted by Gasteiger charge is -2.23. The van der Waals surface area contributed by atoms with Crippen molar-refractivity contribution in [1.29, 1.82) is 0 Å². The van der Waals surface area contributed by atoms with E-state index in [2.05, 4.69) is 0 Å². The maximum atomic E-state index is 12.9. The maximum absolute atomic E-state index is 12.9. The van der Waals surface area contributed by atoms with Crippen molar-refractivity contribution in [2.24, 2.45) is 0 Å². The van der Waals surface area contributed by atoms with Crippen LogP contribution in [0.2, 0.25) is 0 Å². The highest BCUT2D eigenvalue weighted by molar-refractivity contribution is 6.04. The smallest absolute Gasteiger partial charge is 0.266 e. The van der Waals surface area contributed by atoms with E-state index in [0.29, 0.717) is 17.6 Å². The van der Waals surface area contributed by atoms with Gasteiger partial charge < -0.3 is 9.84 Å². The van der Waals surface area contributed by atoms with Crippen molar-refractivity contribution in [2.75, 3.05) is 7.11 Å². The van der Waals surface area contributed by atoms with Gasteiger partial charge in [0.15, 0.2) is 5.78 Å². The molecule has 0 heterocycles. The molecule has 0 spiro atoms. The molecule has 0 unspecified atom stereocenters. The number of carbonyl (C=O) groups excluding carboxylic acids is 1. The Labute approximate surface area is 150 Å². The molecule has 0 aromatic heterocycles. The van der Waals surface area contributed by atoms with E-state index in [-0.39, 0.29) is 17.5 Å². The first-order chi connectivity index (χ1) is 12.5. The van der Waals surface area contributed by atoms with Crippen LogP contribution in [0.1, 0.15) is 36.3 Å². The molecule has 0 amide bonds. The zero-order valence-corrected chi connectivity index (χ0v) is 14.3. The number of nitro benzene ring substituents is 1. The number of hydrogen-bond acceptors (Lipinski definition) is 5. The Balaban J connectivity index is 1.98. The van der Waals surface area contributed by atoms with E-state index in [0.717, 1.165) is 18.4 Å². The number of allylic oxidation sites excluding steroid dienone is 1. The molecule has 3 rings (SSSR count). The first kappa shape index (κ1) is 17.7. The van der Waals surface area contributed by atoms with E-state index >= 15 is 0 Å². The Kier molecular flexibility index (Phi) is 5.02. The molecule has 0 N–H and O–H groups in total. The van der Waals surface area contributed by atoms with Gasteiger partial charge in [-0.15, -0.1) is 0 Å². The van der Waals surface area contributed by atoms with Crippen LogP contribution in [0.25, 0.3) is 6.08 Å². The standard InChI is InChI=1S/C20H19NO5/c1-26-18-12-13(11-17(20(18)23)21(24)25)10-15-8-5-9-16(19(15)22)14-6-3-2-4-7-14/h2-4,6-7,10-12,16,23H,5,8-9H2,1H3/p-1/b15-10+/t16-/m1/s1. The van der Waals surface area contributed by atoms with Gasteiger partial charge in [-0.05, 0) is 48.1 Å². The molecular weight excluding hydrogens is 334 g/mol. The van der Waals surface area contributed by atoms with E-state index in [1.165, 1.54) is 19.2 Å². The van der Waals surface area contributed by atoms with Crippen LogP contribution in [0.4, 0.5) is 5.69 Å². The lowest BCUT2D eigenvalue weighted by Crippen LogP contribution is -2.19. The summed E-state index contributed by atoms with van der Waals surface area (Å²) < 4.78 is 4.95. The fraction of sp³-hybridized carbons (Fsp3) is 0.250. The summed E-state index contributed by atoms with van der Waals surface area (Å²) in [5, 5.41) is 23.0. The predicted molar refractivity (Wildman–Crippen MR) is 95.1 cm³/mol. The summed E-state index contributed by atoms with van der Waals surface area (Å²) in [6.07, 6.45) is 3.88. The van der Waals surface area contributed by atoms with Crippen molar-refractivity contribution in [3.05, 3.63) is 69.3 Å². The van der Waals surface area contributed by atoms with Gasteiger partial charge in [-0.3, -0.25) is 14.9 Å². The van der Waals surface area contributed by atoms with Crippen LogP contribution >= 0.6 is 0 Å². The summed E-state index contributed by atoms with van der Waals surface area (Å²) in [6.45, 7) is 0. The van der Waals surface area contributed by atoms with Crippen LogP contribution < -0.4 is 9.84 Å². The minimum absolute atomic E-state index is 0.0234. The summed E-state index contributed by atoms with van der Waals surface area (Å²) in [7, 11) is 1.29. The molecular formula is C20H18NO5-. The molecule has 1 fully saturated rings. The summed E-state index contributed by atoms with van der Waals surface area (Å²) in [5.74, 6) is -1.05. The maximum Gasteiger partial charge on any atom is 0.266 e. The molecule has 6 nitrogen and oxygen atoms in total. The van der Waals surface area contributed by atoms with Gasteiger partial charge >= 0.3 is 0 Å². The highest BCUT2D eigenvalue weighted by atomic mass is 16.6. The first-order valence-electron chi connectivity index (χ1n) is 8.34. The SMILES string of the molecule is COc1cc(/C=C2\CCC[C@H](c3ccccc3)C2=O)cc([N+](=O)[O-])c1[O-]. The first-order valence-corrected chi connectivity index (χ1v) is 8.34. The quantitative estimate of drug-likeness (QED) is 0.476. The number of methoxy groups -OCH3 is 1. The van der Waals surface area contributed by atoms with Crippen molar-refractivity contribution in [1.82, 2.24) is 0 Å². The molecule has 1 atom stereocenters. The van der Waals surface area contributed by atoms with Crippen molar-refractivity contribution >= 4 is 17.5 Å². The second-order valence-electron chi connectivity index (χ2n) is 6.22. The van der Waals surface area contributed by atoms with Gasteiger partial charge in [0.2, 0.25) is 0 Å². The average molecular weight is 352 g/mol. The van der Waals surface area contributed by atoms with Crippen molar-refractivity contribution in [3.8, 4) is 11.5 Å². The second-order valence-corrected chi connectivity index (χ2v) is 6.22. The number of carbonyl (C=O) groups is 1. The Morgan fingerprint density at radius 2 is 1.96 bits per heavy atom. The Bertz CT molecular complexity index is 873. The molecule has 0 bridgehead atoms. The molecule has 0 saturated heterocycles. The monoisotopic (exact) mass is 352 g/mol. The van der Waals surface area contributed by atoms with Gasteiger partial charge in [0.1, 0.15) is 5.75 Å². The molecule has 1 aliphatic rings. The fourth-order valence-corrected chi connectivity index (χ4v) is 3.30. The van der Waals surface area contributed by atoms with Crippen LogP contribution in [-0.2, 0) is 4.79 Å². The molecule has 1 saturated carbocycles. The van der Waals surface area contributed by atoms with E-state index in [4.69, 9.17) is 4.74 Å². The van der Waals surface area contributed by atoms with Crippen molar-refractivity contribution in [2.45, 2.75) is 25.2 Å². The van der Waals surface area contributed by atoms with Gasteiger partial charge in [-0.1, -0.05) is 30.3 Å². The summed E-state index contributed by atoms with van der Waals surface area (Å²) in [4.78, 5) is 23.2. The summed E-state index contributed by atoms with van der Waals surface area (Å²) in [5.41, 5.74) is 1.45. The topological polar surface area (TPSA) is 92.5 Å². The van der Waals surface area contributed by atoms with Crippen LogP contribution in [0.5, 0.6) is 11.5 Å². The van der Waals surface area contributed by atoms with E-state index in [9.17, 15) is 20.0 Å². The minimum Gasteiger partial charge on any atom is -0.865 e. The molecule has 6 heteroatoms. The highest BCUT2D eigenvalue weighted by Crippen LogP contribution is 2.37. The van der Waals surface area contributed by atoms with Crippen LogP contribution in [0, 0.1) is 10.1 Å². The number of ether oxygens (including phenoxy) is 1. The number of benzene rings is 2. The predicted octanol–water partition coefficient (Wildman–Crippen LogP) is 3.60. The Morgan fingerprint density at radius 1 is 1.23 bits per heavy atom. The zero-order valence-electron chi connectivity index (χ0n) is 14.3. The number of hydrogen-bond donors (Lipinski definition) is 0. The Morgan fingerprint density at radius 3 is 2.62 bits per heavy atom. The van der Waals surface area contributed by atoms with Gasteiger partial charge in [0.25, 0.3) is 5.69 Å². The molecule has 1 aliphatic carbocycles. The normalized spacial score (nSPS) is 18.7. The number of Topliss-reactive ketones (excluding diaryl/α,β-unsaturated/α-hetero) is 1. The second kappa shape index (κ2) is 7.39. The van der Waals surface area contributed by atoms with E-state index in [1.807, 2.05) is 30.3 Å². The van der Waals surface area contributed by atoms with Crippen LogP contribution in [0.3, 0.4) is 0 Å².